The third kappa shape index (κ3) is 2.07. The Bertz CT molecular complexity index is 617. The number of Topliss-reactive ketones (excluding diaryl/α,β-unsaturated/α-hetero) is 1. The van der Waals surface area contributed by atoms with Gasteiger partial charge < -0.3 is 0 Å². The van der Waals surface area contributed by atoms with Crippen molar-refractivity contribution in [2.24, 2.45) is 40.4 Å². The van der Waals surface area contributed by atoms with E-state index < -0.39 is 0 Å². The molecule has 0 aromatic heterocycles. The van der Waals surface area contributed by atoms with Gasteiger partial charge in [-0.25, -0.2) is 0 Å². The molecule has 0 heterocycles. The molecule has 4 rings (SSSR count). The van der Waals surface area contributed by atoms with E-state index in [1.54, 1.807) is 0 Å². The number of hydrogen-bond acceptors (Lipinski definition) is 2. The van der Waals surface area contributed by atoms with Crippen LogP contribution in [-0.4, -0.2) is 11.6 Å². The molecule has 0 N–H and O–H groups in total. The minimum absolute atomic E-state index is 0.228. The van der Waals surface area contributed by atoms with Crippen molar-refractivity contribution in [3.05, 3.63) is 11.6 Å². The second kappa shape index (κ2) is 5.29. The fourth-order valence-corrected chi connectivity index (χ4v) is 7.65. The van der Waals surface area contributed by atoms with Gasteiger partial charge in [-0.1, -0.05) is 26.3 Å². The van der Waals surface area contributed by atoms with Crippen molar-refractivity contribution in [1.29, 1.82) is 0 Å². The van der Waals surface area contributed by atoms with Crippen LogP contribution in [0.25, 0.3) is 0 Å². The zero-order valence-electron chi connectivity index (χ0n) is 15.7. The number of hydrogen-bond donors (Lipinski definition) is 0. The predicted octanol–water partition coefficient (Wildman–Crippen LogP) is 4.97. The Morgan fingerprint density at radius 2 is 1.88 bits per heavy atom. The molecule has 2 nitrogen and oxygen atoms in total. The Morgan fingerprint density at radius 3 is 2.58 bits per heavy atom. The number of carbonyl (C=O) groups excluding carboxylic acids is 2. The summed E-state index contributed by atoms with van der Waals surface area (Å²) >= 11 is 0. The van der Waals surface area contributed by atoms with E-state index in [1.165, 1.54) is 31.3 Å². The first kappa shape index (κ1) is 16.5. The van der Waals surface area contributed by atoms with Crippen LogP contribution >= 0.6 is 0 Å². The van der Waals surface area contributed by atoms with Crippen LogP contribution in [0.2, 0.25) is 0 Å². The van der Waals surface area contributed by atoms with E-state index in [2.05, 4.69) is 20.8 Å². The fraction of sp³-hybridized carbons (Fsp3) is 0.818. The summed E-state index contributed by atoms with van der Waals surface area (Å²) in [5.74, 6) is 3.75. The molecule has 0 saturated heterocycles. The Labute approximate surface area is 146 Å². The predicted molar refractivity (Wildman–Crippen MR) is 95.4 cm³/mol. The van der Waals surface area contributed by atoms with Crippen molar-refractivity contribution in [3.8, 4) is 0 Å². The van der Waals surface area contributed by atoms with Crippen LogP contribution in [0.3, 0.4) is 0 Å². The molecular formula is C22H32O2. The van der Waals surface area contributed by atoms with Crippen molar-refractivity contribution in [3.63, 3.8) is 0 Å². The number of ketones is 2. The maximum absolute atomic E-state index is 12.2. The van der Waals surface area contributed by atoms with Crippen molar-refractivity contribution < 1.29 is 9.59 Å². The Kier molecular flexibility index (Phi) is 3.64. The van der Waals surface area contributed by atoms with Crippen molar-refractivity contribution in [2.45, 2.75) is 72.6 Å². The highest BCUT2D eigenvalue weighted by atomic mass is 16.1. The first-order chi connectivity index (χ1) is 11.3. The minimum atomic E-state index is 0.228. The second-order valence-corrected chi connectivity index (χ2v) is 9.78. The number of rotatable bonds is 1. The van der Waals surface area contributed by atoms with E-state index in [-0.39, 0.29) is 16.7 Å². The van der Waals surface area contributed by atoms with Gasteiger partial charge in [0.15, 0.2) is 5.78 Å². The fourth-order valence-electron chi connectivity index (χ4n) is 7.65. The minimum Gasteiger partial charge on any atom is -0.300 e. The van der Waals surface area contributed by atoms with E-state index >= 15 is 0 Å². The lowest BCUT2D eigenvalue weighted by molar-refractivity contribution is -0.129. The summed E-state index contributed by atoms with van der Waals surface area (Å²) in [7, 11) is 0. The lowest BCUT2D eigenvalue weighted by atomic mass is 9.45. The van der Waals surface area contributed by atoms with Crippen LogP contribution in [0.15, 0.2) is 11.6 Å². The number of allylic oxidation sites excluding steroid dienone is 1. The Hall–Kier alpha value is -0.920. The molecule has 7 atom stereocenters. The zero-order valence-corrected chi connectivity index (χ0v) is 15.7. The smallest absolute Gasteiger partial charge is 0.155 e. The number of carbonyl (C=O) groups is 2. The lowest BCUT2D eigenvalue weighted by Gasteiger charge is -2.59. The first-order valence-corrected chi connectivity index (χ1v) is 10.0. The van der Waals surface area contributed by atoms with Gasteiger partial charge in [-0.15, -0.1) is 0 Å². The molecule has 3 saturated carbocycles. The maximum Gasteiger partial charge on any atom is 0.155 e. The lowest BCUT2D eigenvalue weighted by Crippen LogP contribution is -2.52. The summed E-state index contributed by atoms with van der Waals surface area (Å²) in [6.45, 7) is 9.00. The molecule has 0 aromatic carbocycles. The normalized spacial score (nSPS) is 50.6. The van der Waals surface area contributed by atoms with Gasteiger partial charge in [-0.2, -0.15) is 0 Å². The summed E-state index contributed by atoms with van der Waals surface area (Å²) < 4.78 is 0. The average Bonchev–Trinajstić information content (AvgIpc) is 2.87. The highest BCUT2D eigenvalue weighted by molar-refractivity contribution is 5.91. The Balaban J connectivity index is 1.71. The van der Waals surface area contributed by atoms with Crippen LogP contribution in [0.1, 0.15) is 72.6 Å². The Morgan fingerprint density at radius 1 is 1.12 bits per heavy atom. The van der Waals surface area contributed by atoms with Gasteiger partial charge in [0.25, 0.3) is 0 Å². The van der Waals surface area contributed by atoms with Crippen LogP contribution < -0.4 is 0 Å². The summed E-state index contributed by atoms with van der Waals surface area (Å²) in [6, 6.07) is 0. The summed E-state index contributed by atoms with van der Waals surface area (Å²) in [6.07, 6.45) is 9.80. The van der Waals surface area contributed by atoms with Gasteiger partial charge >= 0.3 is 0 Å². The van der Waals surface area contributed by atoms with Gasteiger partial charge in [-0.05, 0) is 86.0 Å². The zero-order chi connectivity index (χ0) is 17.3. The molecule has 2 heteroatoms. The van der Waals surface area contributed by atoms with Crippen LogP contribution in [0.4, 0.5) is 0 Å². The van der Waals surface area contributed by atoms with Crippen molar-refractivity contribution in [2.75, 3.05) is 0 Å². The van der Waals surface area contributed by atoms with Gasteiger partial charge in [0.05, 0.1) is 0 Å². The maximum atomic E-state index is 12.2. The topological polar surface area (TPSA) is 34.1 Å². The molecule has 3 fully saturated rings. The standard InChI is InChI=1S/C22H32O2/c1-13-11-16-18-6-5-17(14(2)23)21(18,3)10-8-19(16)22(4)9-7-15(24)12-20(13)22/h12-13,16-19H,5-11H2,1-4H3/t13-,16?,17?,18?,19?,21+,22+/m0/s1. The third-order valence-electron chi connectivity index (χ3n) is 8.77. The average molecular weight is 328 g/mol. The second-order valence-electron chi connectivity index (χ2n) is 9.78. The van der Waals surface area contributed by atoms with E-state index in [0.717, 1.165) is 31.1 Å². The highest BCUT2D eigenvalue weighted by Gasteiger charge is 2.60. The molecule has 0 spiro atoms. The molecule has 4 aliphatic carbocycles. The van der Waals surface area contributed by atoms with Gasteiger partial charge in [0.1, 0.15) is 5.78 Å². The monoisotopic (exact) mass is 328 g/mol. The number of fused-ring (bicyclic) bond motifs is 5. The highest BCUT2D eigenvalue weighted by Crippen LogP contribution is 2.67. The largest absolute Gasteiger partial charge is 0.300 e. The van der Waals surface area contributed by atoms with E-state index in [9.17, 15) is 9.59 Å². The molecule has 0 amide bonds. The van der Waals surface area contributed by atoms with Crippen molar-refractivity contribution >= 4 is 11.6 Å². The van der Waals surface area contributed by atoms with E-state index in [1.807, 2.05) is 13.0 Å². The van der Waals surface area contributed by atoms with Gasteiger partial charge in [0.2, 0.25) is 0 Å². The first-order valence-electron chi connectivity index (χ1n) is 10.0. The molecular weight excluding hydrogens is 296 g/mol. The van der Waals surface area contributed by atoms with E-state index in [0.29, 0.717) is 23.4 Å². The van der Waals surface area contributed by atoms with Gasteiger partial charge in [-0.3, -0.25) is 9.59 Å². The molecule has 0 aliphatic heterocycles. The summed E-state index contributed by atoms with van der Waals surface area (Å²) in [5.41, 5.74) is 1.91. The third-order valence-corrected chi connectivity index (χ3v) is 8.77. The summed E-state index contributed by atoms with van der Waals surface area (Å²) in [4.78, 5) is 24.2. The quantitative estimate of drug-likeness (QED) is 0.681. The molecule has 0 bridgehead atoms. The molecule has 4 unspecified atom stereocenters. The molecule has 24 heavy (non-hydrogen) atoms. The molecule has 4 aliphatic rings. The van der Waals surface area contributed by atoms with Crippen LogP contribution in [0, 0.1) is 40.4 Å². The molecule has 0 radical (unpaired) electrons. The molecule has 132 valence electrons. The van der Waals surface area contributed by atoms with Crippen molar-refractivity contribution in [1.82, 2.24) is 0 Å². The SMILES string of the molecule is CC(=O)C1CCC2C3C[C@H](C)C4=CC(=O)CC[C@]4(C)C3CC[C@]12C. The summed E-state index contributed by atoms with van der Waals surface area (Å²) in [5, 5.41) is 0. The molecule has 0 aromatic rings. The van der Waals surface area contributed by atoms with Crippen LogP contribution in [-0.2, 0) is 9.59 Å². The van der Waals surface area contributed by atoms with Gasteiger partial charge in [0, 0.05) is 12.3 Å². The van der Waals surface area contributed by atoms with E-state index in [4.69, 9.17) is 0 Å². The van der Waals surface area contributed by atoms with Crippen LogP contribution in [0.5, 0.6) is 0 Å².